The maximum Gasteiger partial charge on any atom is 0.354 e. The van der Waals surface area contributed by atoms with E-state index in [1.807, 2.05) is 0 Å². The van der Waals surface area contributed by atoms with Crippen LogP contribution in [0.1, 0.15) is 42.0 Å². The number of amides is 2. The number of nitrogens with one attached hydrogen (secondary N) is 1. The van der Waals surface area contributed by atoms with Crippen LogP contribution in [0, 0.1) is 0 Å². The number of nitrogens with two attached hydrogens (primary N) is 1. The Hall–Kier alpha value is -2.43. The van der Waals surface area contributed by atoms with E-state index in [9.17, 15) is 14.1 Å². The van der Waals surface area contributed by atoms with Gasteiger partial charge in [-0.3, -0.25) is 0 Å². The van der Waals surface area contributed by atoms with Gasteiger partial charge in [-0.25, -0.2) is 18.8 Å². The van der Waals surface area contributed by atoms with E-state index >= 15 is 0 Å². The van der Waals surface area contributed by atoms with Gasteiger partial charge in [0.05, 0.1) is 19.3 Å². The van der Waals surface area contributed by atoms with Gasteiger partial charge in [0.25, 0.3) is 0 Å². The number of fused-ring (bicyclic) bond motifs is 3. The standard InChI is InChI=1S/C20H25N5O4S/c1-20(11-26)10-25-18(29-20)16(9-22-25)30(21,28)24-19(27)23-17-14-6-2-4-12(14)8-13-5-3-7-15(13)17/h8-9,26H,2-7,10-11H2,1H3,(H3,21,23,24,27,28)/t20-,30?/m1/s1. The minimum absolute atomic E-state index is 0.0540. The molecular weight excluding hydrogens is 406 g/mol. The van der Waals surface area contributed by atoms with Gasteiger partial charge in [-0.2, -0.15) is 5.10 Å². The SMILES string of the molecule is C[C@]1(CO)Cn2ncc(S(N)(=O)=NC(=O)Nc3c4c(cc5c3CCC5)CCC4)c2O1. The van der Waals surface area contributed by atoms with Crippen LogP contribution < -0.4 is 15.2 Å². The number of aliphatic hydroxyl groups excluding tert-OH is 1. The molecule has 9 nitrogen and oxygen atoms in total. The number of anilines is 1. The molecule has 0 radical (unpaired) electrons. The molecule has 10 heteroatoms. The summed E-state index contributed by atoms with van der Waals surface area (Å²) in [6.45, 7) is 1.77. The van der Waals surface area contributed by atoms with Crippen molar-refractivity contribution >= 4 is 21.6 Å². The highest BCUT2D eigenvalue weighted by Gasteiger charge is 2.39. The van der Waals surface area contributed by atoms with E-state index in [1.54, 1.807) is 6.92 Å². The molecule has 1 aliphatic heterocycles. The Morgan fingerprint density at radius 3 is 2.63 bits per heavy atom. The average molecular weight is 432 g/mol. The van der Waals surface area contributed by atoms with Gasteiger partial charge in [0, 0.05) is 5.69 Å². The predicted octanol–water partition coefficient (Wildman–Crippen LogP) is 1.94. The van der Waals surface area contributed by atoms with Crippen LogP contribution in [0.25, 0.3) is 0 Å². The van der Waals surface area contributed by atoms with E-state index < -0.39 is 21.5 Å². The third kappa shape index (κ3) is 3.10. The highest BCUT2D eigenvalue weighted by molar-refractivity contribution is 7.91. The van der Waals surface area contributed by atoms with Gasteiger partial charge in [-0.15, -0.1) is 4.36 Å². The molecule has 160 valence electrons. The van der Waals surface area contributed by atoms with Gasteiger partial charge in [-0.1, -0.05) is 6.07 Å². The molecule has 1 unspecified atom stereocenters. The van der Waals surface area contributed by atoms with Crippen molar-refractivity contribution in [3.63, 3.8) is 0 Å². The summed E-state index contributed by atoms with van der Waals surface area (Å²) in [6.07, 6.45) is 7.30. The molecule has 2 amide bonds. The average Bonchev–Trinajstić information content (AvgIpc) is 3.43. The van der Waals surface area contributed by atoms with E-state index in [4.69, 9.17) is 9.88 Å². The minimum Gasteiger partial charge on any atom is -0.466 e. The zero-order chi connectivity index (χ0) is 21.1. The van der Waals surface area contributed by atoms with Crippen LogP contribution in [0.15, 0.2) is 21.5 Å². The lowest BCUT2D eigenvalue weighted by molar-refractivity contribution is 0.0399. The lowest BCUT2D eigenvalue weighted by Gasteiger charge is -2.19. The number of hydrogen-bond acceptors (Lipinski definition) is 5. The van der Waals surface area contributed by atoms with Crippen LogP contribution in [-0.4, -0.2) is 37.3 Å². The summed E-state index contributed by atoms with van der Waals surface area (Å²) in [7, 11) is -3.58. The predicted molar refractivity (Wildman–Crippen MR) is 111 cm³/mol. The van der Waals surface area contributed by atoms with Crippen molar-refractivity contribution in [3.05, 3.63) is 34.5 Å². The van der Waals surface area contributed by atoms with Crippen LogP contribution in [0.3, 0.4) is 0 Å². The van der Waals surface area contributed by atoms with Gasteiger partial charge in [-0.05, 0) is 67.7 Å². The fourth-order valence-electron chi connectivity index (χ4n) is 4.71. The zero-order valence-corrected chi connectivity index (χ0v) is 17.6. The lowest BCUT2D eigenvalue weighted by Crippen LogP contribution is -2.35. The van der Waals surface area contributed by atoms with Crippen molar-refractivity contribution < 1.29 is 18.8 Å². The molecule has 2 aromatic rings. The summed E-state index contributed by atoms with van der Waals surface area (Å²) in [5.41, 5.74) is 4.84. The lowest BCUT2D eigenvalue weighted by atomic mass is 9.99. The number of hydrogen-bond donors (Lipinski definition) is 3. The second kappa shape index (κ2) is 6.79. The van der Waals surface area contributed by atoms with Crippen LogP contribution in [-0.2, 0) is 42.1 Å². The topological polar surface area (TPSA) is 132 Å². The quantitative estimate of drug-likeness (QED) is 0.683. The molecule has 30 heavy (non-hydrogen) atoms. The van der Waals surface area contributed by atoms with Crippen LogP contribution >= 0.6 is 0 Å². The Morgan fingerprint density at radius 2 is 2.00 bits per heavy atom. The smallest absolute Gasteiger partial charge is 0.354 e. The summed E-state index contributed by atoms with van der Waals surface area (Å²) in [5, 5.41) is 22.5. The molecule has 1 aromatic heterocycles. The third-order valence-corrected chi connectivity index (χ3v) is 7.51. The molecule has 2 aliphatic carbocycles. The maximum atomic E-state index is 13.1. The molecule has 5 rings (SSSR count). The Morgan fingerprint density at radius 1 is 1.33 bits per heavy atom. The van der Waals surface area contributed by atoms with E-state index in [1.165, 1.54) is 22.0 Å². The van der Waals surface area contributed by atoms with E-state index in [0.717, 1.165) is 55.3 Å². The normalized spacial score (nSPS) is 23.3. The Labute approximate surface area is 174 Å². The Bertz CT molecular complexity index is 1150. The monoisotopic (exact) mass is 431 g/mol. The number of urea groups is 1. The first-order valence-corrected chi connectivity index (χ1v) is 11.8. The Balaban J connectivity index is 1.47. The summed E-state index contributed by atoms with van der Waals surface area (Å²) in [4.78, 5) is 12.8. The second-order valence-electron chi connectivity index (χ2n) is 8.51. The van der Waals surface area contributed by atoms with Crippen LogP contribution in [0.2, 0.25) is 0 Å². The number of nitrogens with zero attached hydrogens (tertiary/aromatic N) is 3. The number of aliphatic hydroxyl groups is 1. The van der Waals surface area contributed by atoms with Gasteiger partial charge < -0.3 is 15.2 Å². The van der Waals surface area contributed by atoms with Crippen molar-refractivity contribution in [2.24, 2.45) is 9.50 Å². The molecule has 2 atom stereocenters. The largest absolute Gasteiger partial charge is 0.466 e. The number of aromatic nitrogens is 2. The van der Waals surface area contributed by atoms with Crippen molar-refractivity contribution in [1.82, 2.24) is 9.78 Å². The van der Waals surface area contributed by atoms with Gasteiger partial charge >= 0.3 is 6.03 Å². The molecule has 0 saturated heterocycles. The van der Waals surface area contributed by atoms with E-state index in [-0.39, 0.29) is 17.4 Å². The molecule has 2 heterocycles. The highest BCUT2D eigenvalue weighted by Crippen LogP contribution is 2.39. The molecule has 4 N–H and O–H groups in total. The van der Waals surface area contributed by atoms with Crippen molar-refractivity contribution in [3.8, 4) is 5.88 Å². The summed E-state index contributed by atoms with van der Waals surface area (Å²) in [5.74, 6) is 0.178. The summed E-state index contributed by atoms with van der Waals surface area (Å²) >= 11 is 0. The fourth-order valence-corrected chi connectivity index (χ4v) is 5.69. The molecule has 0 fully saturated rings. The highest BCUT2D eigenvalue weighted by atomic mass is 32.2. The first-order chi connectivity index (χ1) is 14.3. The van der Waals surface area contributed by atoms with Crippen LogP contribution in [0.4, 0.5) is 10.5 Å². The van der Waals surface area contributed by atoms with E-state index in [0.29, 0.717) is 6.54 Å². The molecule has 3 aliphatic rings. The van der Waals surface area contributed by atoms with Gasteiger partial charge in [0.15, 0.2) is 15.5 Å². The molecule has 0 saturated carbocycles. The Kier molecular flexibility index (Phi) is 4.42. The van der Waals surface area contributed by atoms with Crippen molar-refractivity contribution in [2.45, 2.75) is 62.5 Å². The number of carbonyl (C=O) groups excluding carboxylic acids is 1. The molecule has 1 aromatic carbocycles. The number of benzene rings is 1. The zero-order valence-electron chi connectivity index (χ0n) is 16.8. The van der Waals surface area contributed by atoms with Crippen molar-refractivity contribution in [1.29, 1.82) is 0 Å². The first-order valence-electron chi connectivity index (χ1n) is 10.2. The third-order valence-electron chi connectivity index (χ3n) is 6.16. The van der Waals surface area contributed by atoms with Crippen molar-refractivity contribution in [2.75, 3.05) is 11.9 Å². The number of carbonyl (C=O) groups is 1. The number of ether oxygens (including phenoxy) is 1. The minimum atomic E-state index is -3.58. The maximum absolute atomic E-state index is 13.1. The number of aryl methyl sites for hydroxylation is 2. The molecule has 0 bridgehead atoms. The fraction of sp³-hybridized carbons (Fsp3) is 0.500. The van der Waals surface area contributed by atoms with E-state index in [2.05, 4.69) is 20.8 Å². The first kappa shape index (κ1) is 19.5. The summed E-state index contributed by atoms with van der Waals surface area (Å²) < 4.78 is 24.1. The molecule has 0 spiro atoms. The summed E-state index contributed by atoms with van der Waals surface area (Å²) in [6, 6.07) is 1.54. The van der Waals surface area contributed by atoms with Gasteiger partial charge in [0.1, 0.15) is 4.90 Å². The second-order valence-corrected chi connectivity index (χ2v) is 10.3. The number of rotatable bonds is 3. The van der Waals surface area contributed by atoms with Gasteiger partial charge in [0.2, 0.25) is 5.88 Å². The van der Waals surface area contributed by atoms with Crippen LogP contribution in [0.5, 0.6) is 5.88 Å². The molecular formula is C20H25N5O4S.